The zero-order valence-corrected chi connectivity index (χ0v) is 14.8. The van der Waals surface area contributed by atoms with E-state index < -0.39 is 0 Å². The fourth-order valence-corrected chi connectivity index (χ4v) is 2.57. The highest BCUT2D eigenvalue weighted by molar-refractivity contribution is 6.30. The van der Waals surface area contributed by atoms with E-state index in [9.17, 15) is 4.39 Å². The maximum atomic E-state index is 14.2. The van der Waals surface area contributed by atoms with Crippen LogP contribution in [0, 0.1) is 12.7 Å². The van der Waals surface area contributed by atoms with Gasteiger partial charge >= 0.3 is 0 Å². The summed E-state index contributed by atoms with van der Waals surface area (Å²) in [6.45, 7) is 6.56. The van der Waals surface area contributed by atoms with Gasteiger partial charge in [0, 0.05) is 18.7 Å². The van der Waals surface area contributed by atoms with Crippen LogP contribution in [-0.2, 0) is 4.74 Å². The Hall–Kier alpha value is -1.58. The first kappa shape index (κ1) is 17.8. The van der Waals surface area contributed by atoms with E-state index >= 15 is 0 Å². The SMILES string of the molecule is COC(C)(C)CCNc1cc(-c2cccc(Cl)c2)c(C)cc1F. The summed E-state index contributed by atoms with van der Waals surface area (Å²) in [5, 5.41) is 3.84. The fourth-order valence-electron chi connectivity index (χ4n) is 2.38. The number of halogens is 2. The molecular weight excluding hydrogens is 313 g/mol. The van der Waals surface area contributed by atoms with Gasteiger partial charge in [-0.05, 0) is 68.1 Å². The lowest BCUT2D eigenvalue weighted by Crippen LogP contribution is -2.25. The molecule has 124 valence electrons. The van der Waals surface area contributed by atoms with Crippen molar-refractivity contribution in [3.05, 3.63) is 52.8 Å². The van der Waals surface area contributed by atoms with E-state index in [-0.39, 0.29) is 11.4 Å². The Kier molecular flexibility index (Phi) is 5.66. The molecule has 0 atom stereocenters. The van der Waals surface area contributed by atoms with E-state index in [4.69, 9.17) is 16.3 Å². The lowest BCUT2D eigenvalue weighted by atomic mass is 9.99. The van der Waals surface area contributed by atoms with E-state index in [1.807, 2.05) is 51.1 Å². The van der Waals surface area contributed by atoms with Crippen LogP contribution in [0.4, 0.5) is 10.1 Å². The highest BCUT2D eigenvalue weighted by Gasteiger charge is 2.16. The van der Waals surface area contributed by atoms with E-state index in [0.29, 0.717) is 17.3 Å². The molecule has 2 aromatic carbocycles. The van der Waals surface area contributed by atoms with Gasteiger partial charge in [-0.1, -0.05) is 23.7 Å². The summed E-state index contributed by atoms with van der Waals surface area (Å²) in [4.78, 5) is 0. The van der Waals surface area contributed by atoms with Crippen LogP contribution in [0.2, 0.25) is 5.02 Å². The number of anilines is 1. The Balaban J connectivity index is 2.23. The van der Waals surface area contributed by atoms with Crippen LogP contribution in [0.25, 0.3) is 11.1 Å². The molecular formula is C19H23ClFNO. The molecule has 0 bridgehead atoms. The second-order valence-electron chi connectivity index (χ2n) is 6.30. The molecule has 0 fully saturated rings. The van der Waals surface area contributed by atoms with Crippen molar-refractivity contribution in [1.82, 2.24) is 0 Å². The number of hydrogen-bond acceptors (Lipinski definition) is 2. The molecule has 0 amide bonds. The van der Waals surface area contributed by atoms with Crippen molar-refractivity contribution >= 4 is 17.3 Å². The molecule has 2 aromatic rings. The summed E-state index contributed by atoms with van der Waals surface area (Å²) in [6, 6.07) is 11.0. The van der Waals surface area contributed by atoms with Crippen LogP contribution >= 0.6 is 11.6 Å². The Morgan fingerprint density at radius 1 is 1.22 bits per heavy atom. The molecule has 23 heavy (non-hydrogen) atoms. The summed E-state index contributed by atoms with van der Waals surface area (Å²) in [6.07, 6.45) is 0.781. The van der Waals surface area contributed by atoms with Gasteiger partial charge in [-0.2, -0.15) is 0 Å². The lowest BCUT2D eigenvalue weighted by Gasteiger charge is -2.23. The molecule has 4 heteroatoms. The standard InChI is InChI=1S/C19H23ClFNO/c1-13-10-17(21)18(22-9-8-19(2,3)23-4)12-16(13)14-6-5-7-15(20)11-14/h5-7,10-12,22H,8-9H2,1-4H3. The Morgan fingerprint density at radius 2 is 1.96 bits per heavy atom. The predicted octanol–water partition coefficient (Wildman–Crippen LogP) is 5.68. The van der Waals surface area contributed by atoms with E-state index in [0.717, 1.165) is 23.1 Å². The third-order valence-electron chi connectivity index (χ3n) is 4.04. The fraction of sp³-hybridized carbons (Fsp3) is 0.368. The molecule has 0 spiro atoms. The number of ether oxygens (including phenoxy) is 1. The van der Waals surface area contributed by atoms with Gasteiger partial charge in [-0.25, -0.2) is 4.39 Å². The van der Waals surface area contributed by atoms with Crippen molar-refractivity contribution in [3.8, 4) is 11.1 Å². The number of rotatable bonds is 6. The molecule has 0 radical (unpaired) electrons. The van der Waals surface area contributed by atoms with Crippen LogP contribution in [0.1, 0.15) is 25.8 Å². The van der Waals surface area contributed by atoms with Crippen LogP contribution < -0.4 is 5.32 Å². The molecule has 0 heterocycles. The smallest absolute Gasteiger partial charge is 0.146 e. The number of methoxy groups -OCH3 is 1. The third-order valence-corrected chi connectivity index (χ3v) is 4.28. The van der Waals surface area contributed by atoms with E-state index in [1.165, 1.54) is 0 Å². The first-order valence-electron chi connectivity index (χ1n) is 7.67. The van der Waals surface area contributed by atoms with Crippen molar-refractivity contribution in [1.29, 1.82) is 0 Å². The highest BCUT2D eigenvalue weighted by Crippen LogP contribution is 2.30. The summed E-state index contributed by atoms with van der Waals surface area (Å²) < 4.78 is 19.6. The lowest BCUT2D eigenvalue weighted by molar-refractivity contribution is 0.0185. The maximum absolute atomic E-state index is 14.2. The largest absolute Gasteiger partial charge is 0.383 e. The minimum atomic E-state index is -0.247. The normalized spacial score (nSPS) is 11.6. The Bertz CT molecular complexity index is 685. The van der Waals surface area contributed by atoms with Crippen molar-refractivity contribution < 1.29 is 9.13 Å². The molecule has 0 aliphatic heterocycles. The van der Waals surface area contributed by atoms with Gasteiger partial charge in [0.05, 0.1) is 11.3 Å². The number of nitrogens with one attached hydrogen (secondary N) is 1. The van der Waals surface area contributed by atoms with Crippen LogP contribution in [0.5, 0.6) is 0 Å². The van der Waals surface area contributed by atoms with Crippen molar-refractivity contribution in [2.75, 3.05) is 19.0 Å². The Morgan fingerprint density at radius 3 is 2.61 bits per heavy atom. The molecule has 0 aliphatic rings. The molecule has 0 aromatic heterocycles. The third kappa shape index (κ3) is 4.69. The average molecular weight is 336 g/mol. The monoisotopic (exact) mass is 335 g/mol. The second-order valence-corrected chi connectivity index (χ2v) is 6.73. The van der Waals surface area contributed by atoms with Gasteiger partial charge in [-0.3, -0.25) is 0 Å². The highest BCUT2D eigenvalue weighted by atomic mass is 35.5. The molecule has 0 aliphatic carbocycles. The maximum Gasteiger partial charge on any atom is 0.146 e. The average Bonchev–Trinajstić information content (AvgIpc) is 2.49. The zero-order valence-electron chi connectivity index (χ0n) is 14.0. The topological polar surface area (TPSA) is 21.3 Å². The number of aryl methyl sites for hydroxylation is 1. The van der Waals surface area contributed by atoms with Crippen LogP contribution in [-0.4, -0.2) is 19.3 Å². The van der Waals surface area contributed by atoms with Gasteiger partial charge in [0.25, 0.3) is 0 Å². The first-order valence-corrected chi connectivity index (χ1v) is 8.05. The van der Waals surface area contributed by atoms with Gasteiger partial charge in [-0.15, -0.1) is 0 Å². The van der Waals surface area contributed by atoms with Gasteiger partial charge in [0.1, 0.15) is 5.82 Å². The number of benzene rings is 2. The summed E-state index contributed by atoms with van der Waals surface area (Å²) in [5.41, 5.74) is 3.10. The van der Waals surface area contributed by atoms with Crippen LogP contribution in [0.3, 0.4) is 0 Å². The van der Waals surface area contributed by atoms with Gasteiger partial charge in [0.2, 0.25) is 0 Å². The minimum Gasteiger partial charge on any atom is -0.383 e. The summed E-state index contributed by atoms with van der Waals surface area (Å²) in [7, 11) is 1.68. The van der Waals surface area contributed by atoms with E-state index in [2.05, 4.69) is 5.32 Å². The summed E-state index contributed by atoms with van der Waals surface area (Å²) in [5.74, 6) is -0.247. The molecule has 0 unspecified atom stereocenters. The molecule has 0 saturated carbocycles. The molecule has 2 nitrogen and oxygen atoms in total. The Labute approximate surface area is 142 Å². The van der Waals surface area contributed by atoms with Gasteiger partial charge < -0.3 is 10.1 Å². The summed E-state index contributed by atoms with van der Waals surface area (Å²) >= 11 is 6.06. The van der Waals surface area contributed by atoms with Crippen molar-refractivity contribution in [2.24, 2.45) is 0 Å². The second kappa shape index (κ2) is 7.33. The quantitative estimate of drug-likeness (QED) is 0.733. The van der Waals surface area contributed by atoms with Crippen molar-refractivity contribution in [3.63, 3.8) is 0 Å². The minimum absolute atomic E-state index is 0.232. The predicted molar refractivity (Wildman–Crippen MR) is 95.8 cm³/mol. The van der Waals surface area contributed by atoms with E-state index in [1.54, 1.807) is 13.2 Å². The molecule has 2 rings (SSSR count). The van der Waals surface area contributed by atoms with Gasteiger partial charge in [0.15, 0.2) is 0 Å². The molecule has 0 saturated heterocycles. The molecule has 1 N–H and O–H groups in total. The first-order chi connectivity index (χ1) is 10.8. The zero-order chi connectivity index (χ0) is 17.0. The van der Waals surface area contributed by atoms with Crippen LogP contribution in [0.15, 0.2) is 36.4 Å². The number of hydrogen-bond donors (Lipinski definition) is 1. The van der Waals surface area contributed by atoms with Crippen molar-refractivity contribution in [2.45, 2.75) is 32.8 Å².